The van der Waals surface area contributed by atoms with Gasteiger partial charge in [-0.1, -0.05) is 41.4 Å². The van der Waals surface area contributed by atoms with E-state index in [2.05, 4.69) is 5.32 Å². The van der Waals surface area contributed by atoms with E-state index in [0.29, 0.717) is 0 Å². The second-order valence-electron chi connectivity index (χ2n) is 4.34. The molecule has 0 radical (unpaired) electrons. The molecule has 0 aromatic heterocycles. The zero-order valence-electron chi connectivity index (χ0n) is 12.0. The second kappa shape index (κ2) is 10.1. The largest absolute Gasteiger partial charge is 0.379 e. The number of rotatable bonds is 3. The number of benzene rings is 1. The van der Waals surface area contributed by atoms with Crippen molar-refractivity contribution in [1.82, 2.24) is 10.6 Å². The summed E-state index contributed by atoms with van der Waals surface area (Å²) in [5, 5.41) is 5.15. The van der Waals surface area contributed by atoms with Crippen molar-refractivity contribution in [3.8, 4) is 0 Å². The van der Waals surface area contributed by atoms with E-state index in [1.807, 2.05) is 5.32 Å². The smallest absolute Gasteiger partial charge is 0.374 e. The average molecular weight is 383 g/mol. The Morgan fingerprint density at radius 2 is 1.74 bits per heavy atom. The molecule has 10 heteroatoms. The Balaban J connectivity index is 0.000000366. The van der Waals surface area contributed by atoms with Crippen LogP contribution < -0.4 is 10.6 Å². The summed E-state index contributed by atoms with van der Waals surface area (Å²) in [7, 11) is -4.72. The molecular weight excluding hydrogens is 366 g/mol. The van der Waals surface area contributed by atoms with Gasteiger partial charge >= 0.3 is 7.60 Å². The number of nitrogens with one attached hydrogen (secondary N) is 2. The lowest BCUT2D eigenvalue weighted by molar-refractivity contribution is 0.0966. The van der Waals surface area contributed by atoms with Crippen molar-refractivity contribution in [2.45, 2.75) is 0 Å². The maximum atomic E-state index is 11.6. The van der Waals surface area contributed by atoms with Crippen LogP contribution in [0.25, 0.3) is 0 Å². The van der Waals surface area contributed by atoms with E-state index in [1.54, 1.807) is 18.2 Å². The number of halogens is 2. The van der Waals surface area contributed by atoms with Crippen LogP contribution in [0.4, 0.5) is 0 Å². The molecule has 1 aliphatic rings. The highest BCUT2D eigenvalue weighted by Crippen LogP contribution is 2.46. The van der Waals surface area contributed by atoms with Crippen LogP contribution in [0.2, 0.25) is 0 Å². The predicted octanol–water partition coefficient (Wildman–Crippen LogP) is 1.80. The number of ether oxygens (including phenoxy) is 1. The van der Waals surface area contributed by atoms with Crippen molar-refractivity contribution < 1.29 is 23.9 Å². The van der Waals surface area contributed by atoms with Crippen molar-refractivity contribution >= 4 is 36.7 Å². The molecule has 1 aromatic carbocycles. The van der Waals surface area contributed by atoms with Crippen molar-refractivity contribution in [1.29, 1.82) is 0 Å². The SMILES string of the molecule is C1COCCN1.O=C(NC(=C(Cl)Cl)P(=O)(O)O)c1ccccc1. The van der Waals surface area contributed by atoms with Gasteiger partial charge in [0.05, 0.1) is 13.2 Å². The van der Waals surface area contributed by atoms with Crippen LogP contribution in [-0.4, -0.2) is 42.0 Å². The molecule has 7 nitrogen and oxygen atoms in total. The highest BCUT2D eigenvalue weighted by Gasteiger charge is 2.26. The van der Waals surface area contributed by atoms with Gasteiger partial charge in [-0.2, -0.15) is 0 Å². The van der Waals surface area contributed by atoms with Crippen molar-refractivity contribution in [2.24, 2.45) is 0 Å². The maximum absolute atomic E-state index is 11.6. The lowest BCUT2D eigenvalue weighted by atomic mass is 10.2. The summed E-state index contributed by atoms with van der Waals surface area (Å²) in [6, 6.07) is 7.88. The van der Waals surface area contributed by atoms with Crippen molar-refractivity contribution in [3.05, 3.63) is 45.8 Å². The summed E-state index contributed by atoms with van der Waals surface area (Å²) in [6.45, 7) is 3.83. The van der Waals surface area contributed by atoms with E-state index in [9.17, 15) is 9.36 Å². The summed E-state index contributed by atoms with van der Waals surface area (Å²) in [4.78, 5) is 29.4. The number of amides is 1. The third kappa shape index (κ3) is 7.94. The zero-order valence-corrected chi connectivity index (χ0v) is 14.4. The molecule has 0 spiro atoms. The first-order chi connectivity index (χ1) is 10.8. The molecule has 1 fully saturated rings. The molecule has 0 atom stereocenters. The van der Waals surface area contributed by atoms with Gasteiger partial charge in [-0.3, -0.25) is 9.36 Å². The molecule has 0 saturated carbocycles. The van der Waals surface area contributed by atoms with Crippen LogP contribution >= 0.6 is 30.8 Å². The van der Waals surface area contributed by atoms with Gasteiger partial charge < -0.3 is 25.2 Å². The van der Waals surface area contributed by atoms with E-state index in [1.165, 1.54) is 12.1 Å². The normalized spacial score (nSPS) is 14.3. The molecule has 0 unspecified atom stereocenters. The average Bonchev–Trinajstić information content (AvgIpc) is 2.54. The summed E-state index contributed by atoms with van der Waals surface area (Å²) in [5.41, 5.74) is -0.581. The van der Waals surface area contributed by atoms with Crippen LogP contribution in [0.15, 0.2) is 40.3 Å². The quantitative estimate of drug-likeness (QED) is 0.593. The number of hydrogen-bond donors (Lipinski definition) is 4. The van der Waals surface area contributed by atoms with Gasteiger partial charge in [-0.25, -0.2) is 0 Å². The highest BCUT2D eigenvalue weighted by atomic mass is 35.5. The first-order valence-electron chi connectivity index (χ1n) is 6.58. The predicted molar refractivity (Wildman–Crippen MR) is 88.4 cm³/mol. The van der Waals surface area contributed by atoms with E-state index >= 15 is 0 Å². The van der Waals surface area contributed by atoms with Crippen molar-refractivity contribution in [3.63, 3.8) is 0 Å². The lowest BCUT2D eigenvalue weighted by Crippen LogP contribution is -2.30. The second-order valence-corrected chi connectivity index (χ2v) is 6.82. The fraction of sp³-hybridized carbons (Fsp3) is 0.308. The third-order valence-electron chi connectivity index (χ3n) is 2.58. The Morgan fingerprint density at radius 1 is 1.17 bits per heavy atom. The van der Waals surface area contributed by atoms with Crippen LogP contribution in [0.3, 0.4) is 0 Å². The number of morpholine rings is 1. The van der Waals surface area contributed by atoms with Crippen LogP contribution in [0.1, 0.15) is 10.4 Å². The summed E-state index contributed by atoms with van der Waals surface area (Å²) >= 11 is 10.6. The van der Waals surface area contributed by atoms with Gasteiger partial charge in [-0.05, 0) is 12.1 Å². The van der Waals surface area contributed by atoms with Gasteiger partial charge in [0, 0.05) is 18.7 Å². The number of carbonyl (C=O) groups excluding carboxylic acids is 1. The molecule has 1 heterocycles. The number of hydrogen-bond acceptors (Lipinski definition) is 4. The van der Waals surface area contributed by atoms with E-state index in [4.69, 9.17) is 37.7 Å². The molecular formula is C13H17Cl2N2O5P. The third-order valence-corrected chi connectivity index (χ3v) is 4.14. The Hall–Kier alpha value is -0.920. The van der Waals surface area contributed by atoms with E-state index in [-0.39, 0.29) is 5.56 Å². The van der Waals surface area contributed by atoms with E-state index < -0.39 is 23.4 Å². The first kappa shape index (κ1) is 20.1. The Labute approximate surface area is 143 Å². The molecule has 0 aliphatic carbocycles. The molecule has 1 saturated heterocycles. The Kier molecular flexibility index (Phi) is 8.79. The highest BCUT2D eigenvalue weighted by molar-refractivity contribution is 7.56. The monoisotopic (exact) mass is 382 g/mol. The van der Waals surface area contributed by atoms with Gasteiger partial charge in [0.25, 0.3) is 5.91 Å². The molecule has 1 amide bonds. The van der Waals surface area contributed by atoms with E-state index in [0.717, 1.165) is 26.3 Å². The first-order valence-corrected chi connectivity index (χ1v) is 8.95. The molecule has 4 N–H and O–H groups in total. The molecule has 23 heavy (non-hydrogen) atoms. The molecule has 0 bridgehead atoms. The Bertz CT molecular complexity index is 572. The Morgan fingerprint density at radius 3 is 2.09 bits per heavy atom. The fourth-order valence-electron chi connectivity index (χ4n) is 1.52. The van der Waals surface area contributed by atoms with Crippen molar-refractivity contribution in [2.75, 3.05) is 26.3 Å². The number of carbonyl (C=O) groups is 1. The summed E-state index contributed by atoms with van der Waals surface area (Å²) in [6.07, 6.45) is 0. The van der Waals surface area contributed by atoms with Gasteiger partial charge in [0.1, 0.15) is 4.49 Å². The fourth-order valence-corrected chi connectivity index (χ4v) is 2.74. The zero-order chi connectivity index (χ0) is 17.3. The minimum atomic E-state index is -4.72. The van der Waals surface area contributed by atoms with Crippen LogP contribution in [0, 0.1) is 0 Å². The molecule has 1 aromatic rings. The topological polar surface area (TPSA) is 108 Å². The van der Waals surface area contributed by atoms with Gasteiger partial charge in [-0.15, -0.1) is 0 Å². The molecule has 2 rings (SSSR count). The standard InChI is InChI=1S/C9H8Cl2NO4P.C4H9NO/c10-7(11)9(17(14,15)16)12-8(13)6-4-2-1-3-5-6;1-3-6-4-2-5-1/h1-5H,(H,12,13)(H2,14,15,16);5H,1-4H2. The lowest BCUT2D eigenvalue weighted by Gasteiger charge is -2.11. The minimum Gasteiger partial charge on any atom is -0.379 e. The summed E-state index contributed by atoms with van der Waals surface area (Å²) in [5.74, 6) is -0.706. The molecule has 128 valence electrons. The van der Waals surface area contributed by atoms with Gasteiger partial charge in [0.15, 0.2) is 5.44 Å². The summed E-state index contributed by atoms with van der Waals surface area (Å²) < 4.78 is 15.3. The minimum absolute atomic E-state index is 0.230. The molecule has 1 aliphatic heterocycles. The van der Waals surface area contributed by atoms with Crippen LogP contribution in [-0.2, 0) is 9.30 Å². The maximum Gasteiger partial charge on any atom is 0.374 e. The van der Waals surface area contributed by atoms with Crippen LogP contribution in [0.5, 0.6) is 0 Å². The van der Waals surface area contributed by atoms with Gasteiger partial charge in [0.2, 0.25) is 0 Å².